The second-order valence-corrected chi connectivity index (χ2v) is 3.56. The summed E-state index contributed by atoms with van der Waals surface area (Å²) in [6.45, 7) is 0. The molecule has 0 saturated carbocycles. The van der Waals surface area contributed by atoms with Crippen LogP contribution < -0.4 is 10.5 Å². The number of nitrogens with two attached hydrogens (primary N) is 1. The van der Waals surface area contributed by atoms with Crippen molar-refractivity contribution in [2.45, 2.75) is 0 Å². The van der Waals surface area contributed by atoms with E-state index in [4.69, 9.17) is 21.0 Å². The minimum atomic E-state index is -0.688. The lowest BCUT2D eigenvalue weighted by Gasteiger charge is -2.08. The Hall–Kier alpha value is -3.12. The van der Waals surface area contributed by atoms with Crippen LogP contribution in [0.3, 0.4) is 0 Å². The van der Waals surface area contributed by atoms with Gasteiger partial charge in [0.05, 0.1) is 11.3 Å². The van der Waals surface area contributed by atoms with E-state index in [1.54, 1.807) is 6.07 Å². The zero-order valence-electron chi connectivity index (χ0n) is 9.59. The van der Waals surface area contributed by atoms with Gasteiger partial charge in [-0.25, -0.2) is 9.37 Å². The lowest BCUT2D eigenvalue weighted by molar-refractivity contribution is 0.458. The maximum Gasteiger partial charge on any atom is 0.242 e. The molecule has 0 radical (unpaired) electrons. The minimum absolute atomic E-state index is 0.0149. The molecule has 0 bridgehead atoms. The monoisotopic (exact) mass is 254 g/mol. The molecule has 2 N–H and O–H groups in total. The molecule has 0 aliphatic carbocycles. The first-order valence-electron chi connectivity index (χ1n) is 5.17. The molecule has 0 fully saturated rings. The molecule has 2 aromatic rings. The number of aromatic nitrogens is 1. The standard InChI is InChI=1S/C13H7FN4O/c14-10-2-1-3-12(9(10)6-16)19-13-11(17)4-8(5-15)7-18-13/h1-4,7H,17H2. The summed E-state index contributed by atoms with van der Waals surface area (Å²) in [4.78, 5) is 3.85. The van der Waals surface area contributed by atoms with Crippen LogP contribution in [0.4, 0.5) is 10.1 Å². The number of hydrogen-bond acceptors (Lipinski definition) is 5. The van der Waals surface area contributed by atoms with Crippen LogP contribution >= 0.6 is 0 Å². The van der Waals surface area contributed by atoms with Gasteiger partial charge in [-0.05, 0) is 18.2 Å². The summed E-state index contributed by atoms with van der Waals surface area (Å²) in [5.74, 6) is -0.653. The Balaban J connectivity index is 2.41. The fraction of sp³-hybridized carbons (Fsp3) is 0. The van der Waals surface area contributed by atoms with E-state index >= 15 is 0 Å². The van der Waals surface area contributed by atoms with E-state index in [0.29, 0.717) is 0 Å². The number of hydrogen-bond donors (Lipinski definition) is 1. The van der Waals surface area contributed by atoms with Gasteiger partial charge in [0.2, 0.25) is 5.88 Å². The Labute approximate surface area is 108 Å². The first-order valence-corrected chi connectivity index (χ1v) is 5.17. The Morgan fingerprint density at radius 3 is 2.68 bits per heavy atom. The molecule has 0 amide bonds. The molecule has 0 unspecified atom stereocenters. The molecule has 5 nitrogen and oxygen atoms in total. The normalized spacial score (nSPS) is 9.42. The number of halogens is 1. The number of nitriles is 2. The van der Waals surface area contributed by atoms with Crippen LogP contribution in [-0.2, 0) is 0 Å². The van der Waals surface area contributed by atoms with Crippen molar-refractivity contribution >= 4 is 5.69 Å². The highest BCUT2D eigenvalue weighted by Crippen LogP contribution is 2.29. The number of pyridine rings is 1. The van der Waals surface area contributed by atoms with Crippen LogP contribution in [-0.4, -0.2) is 4.98 Å². The van der Waals surface area contributed by atoms with Gasteiger partial charge < -0.3 is 10.5 Å². The summed E-state index contributed by atoms with van der Waals surface area (Å²) in [6.07, 6.45) is 1.27. The van der Waals surface area contributed by atoms with Gasteiger partial charge >= 0.3 is 0 Å². The molecule has 0 spiro atoms. The van der Waals surface area contributed by atoms with Crippen molar-refractivity contribution in [3.8, 4) is 23.8 Å². The molecule has 2 rings (SSSR count). The highest BCUT2D eigenvalue weighted by molar-refractivity contribution is 5.55. The third-order valence-electron chi connectivity index (χ3n) is 2.30. The van der Waals surface area contributed by atoms with Gasteiger partial charge in [0, 0.05) is 6.20 Å². The Morgan fingerprint density at radius 1 is 1.26 bits per heavy atom. The van der Waals surface area contributed by atoms with Crippen LogP contribution in [0, 0.1) is 28.5 Å². The quantitative estimate of drug-likeness (QED) is 0.887. The zero-order chi connectivity index (χ0) is 13.8. The summed E-state index contributed by atoms with van der Waals surface area (Å²) >= 11 is 0. The van der Waals surface area contributed by atoms with E-state index in [1.165, 1.54) is 24.4 Å². The van der Waals surface area contributed by atoms with Crippen LogP contribution in [0.15, 0.2) is 30.5 Å². The van der Waals surface area contributed by atoms with E-state index < -0.39 is 5.82 Å². The predicted octanol–water partition coefficient (Wildman–Crippen LogP) is 2.34. The van der Waals surface area contributed by atoms with Crippen molar-refractivity contribution in [2.75, 3.05) is 5.73 Å². The lowest BCUT2D eigenvalue weighted by Crippen LogP contribution is -1.98. The number of nitrogen functional groups attached to an aromatic ring is 1. The van der Waals surface area contributed by atoms with Crippen LogP contribution in [0.2, 0.25) is 0 Å². The molecular weight excluding hydrogens is 247 g/mol. The van der Waals surface area contributed by atoms with Crippen molar-refractivity contribution in [1.29, 1.82) is 10.5 Å². The van der Waals surface area contributed by atoms with Crippen LogP contribution in [0.5, 0.6) is 11.6 Å². The van der Waals surface area contributed by atoms with Gasteiger partial charge in [-0.15, -0.1) is 0 Å². The zero-order valence-corrected chi connectivity index (χ0v) is 9.59. The fourth-order valence-corrected chi connectivity index (χ4v) is 1.42. The second-order valence-electron chi connectivity index (χ2n) is 3.56. The molecule has 1 aromatic carbocycles. The highest BCUT2D eigenvalue weighted by atomic mass is 19.1. The maximum absolute atomic E-state index is 13.4. The van der Waals surface area contributed by atoms with Gasteiger partial charge in [0.25, 0.3) is 0 Å². The van der Waals surface area contributed by atoms with Gasteiger partial charge in [-0.1, -0.05) is 6.07 Å². The summed E-state index contributed by atoms with van der Waals surface area (Å²) in [7, 11) is 0. The Kier molecular flexibility index (Phi) is 3.26. The van der Waals surface area contributed by atoms with Gasteiger partial charge in [-0.3, -0.25) is 0 Å². The van der Waals surface area contributed by atoms with Gasteiger partial charge in [0.15, 0.2) is 0 Å². The van der Waals surface area contributed by atoms with E-state index in [9.17, 15) is 4.39 Å². The second kappa shape index (κ2) is 5.03. The summed E-state index contributed by atoms with van der Waals surface area (Å²) < 4.78 is 18.7. The number of ether oxygens (including phenoxy) is 1. The molecule has 92 valence electrons. The molecule has 1 heterocycles. The molecule has 19 heavy (non-hydrogen) atoms. The largest absolute Gasteiger partial charge is 0.436 e. The predicted molar refractivity (Wildman–Crippen MR) is 64.6 cm³/mol. The van der Waals surface area contributed by atoms with Gasteiger partial charge in [-0.2, -0.15) is 10.5 Å². The number of anilines is 1. The summed E-state index contributed by atoms with van der Waals surface area (Å²) in [5, 5.41) is 17.5. The number of nitrogens with zero attached hydrogens (tertiary/aromatic N) is 3. The number of benzene rings is 1. The van der Waals surface area contributed by atoms with E-state index in [0.717, 1.165) is 6.07 Å². The van der Waals surface area contributed by atoms with Gasteiger partial charge in [0.1, 0.15) is 29.3 Å². The van der Waals surface area contributed by atoms with E-state index in [1.807, 2.05) is 6.07 Å². The molecule has 0 aliphatic rings. The Morgan fingerprint density at radius 2 is 2.05 bits per heavy atom. The van der Waals surface area contributed by atoms with Crippen molar-refractivity contribution in [3.05, 3.63) is 47.4 Å². The fourth-order valence-electron chi connectivity index (χ4n) is 1.42. The van der Waals surface area contributed by atoms with Crippen LogP contribution in [0.1, 0.15) is 11.1 Å². The average Bonchev–Trinajstić information content (AvgIpc) is 2.41. The first-order chi connectivity index (χ1) is 9.15. The first kappa shape index (κ1) is 12.3. The molecular formula is C13H7FN4O. The van der Waals surface area contributed by atoms with E-state index in [2.05, 4.69) is 4.98 Å². The van der Waals surface area contributed by atoms with Crippen molar-refractivity contribution in [1.82, 2.24) is 4.98 Å². The molecule has 0 atom stereocenters. The topological polar surface area (TPSA) is 95.7 Å². The minimum Gasteiger partial charge on any atom is -0.436 e. The van der Waals surface area contributed by atoms with E-state index in [-0.39, 0.29) is 28.4 Å². The summed E-state index contributed by atoms with van der Waals surface area (Å²) in [6, 6.07) is 8.96. The van der Waals surface area contributed by atoms with Crippen molar-refractivity contribution in [2.24, 2.45) is 0 Å². The Bertz CT molecular complexity index is 716. The molecule has 0 aliphatic heterocycles. The SMILES string of the molecule is N#Cc1cnc(Oc2cccc(F)c2C#N)c(N)c1. The summed E-state index contributed by atoms with van der Waals surface area (Å²) in [5.41, 5.74) is 5.84. The smallest absolute Gasteiger partial charge is 0.242 e. The molecule has 1 aromatic heterocycles. The van der Waals surface area contributed by atoms with Crippen molar-refractivity contribution < 1.29 is 9.13 Å². The molecule has 6 heteroatoms. The highest BCUT2D eigenvalue weighted by Gasteiger charge is 2.12. The molecule has 0 saturated heterocycles. The van der Waals surface area contributed by atoms with Crippen molar-refractivity contribution in [3.63, 3.8) is 0 Å². The third-order valence-corrected chi connectivity index (χ3v) is 2.30. The number of rotatable bonds is 2. The maximum atomic E-state index is 13.4. The lowest BCUT2D eigenvalue weighted by atomic mass is 10.2. The average molecular weight is 254 g/mol. The van der Waals surface area contributed by atoms with Crippen LogP contribution in [0.25, 0.3) is 0 Å². The third kappa shape index (κ3) is 2.43.